The molecule has 0 radical (unpaired) electrons. The summed E-state index contributed by atoms with van der Waals surface area (Å²) in [7, 11) is -2.20. The Hall–Kier alpha value is -2.10. The summed E-state index contributed by atoms with van der Waals surface area (Å²) in [6.45, 7) is 3.73. The van der Waals surface area contributed by atoms with Gasteiger partial charge in [-0.15, -0.1) is 0 Å². The largest absolute Gasteiger partial charge is 0.361 e. The molecule has 1 aliphatic heterocycles. The minimum atomic E-state index is -3.70. The smallest absolute Gasteiger partial charge is 0.267 e. The van der Waals surface area contributed by atoms with Crippen LogP contribution in [-0.4, -0.2) is 30.6 Å². The quantitative estimate of drug-likeness (QED) is 0.468. The van der Waals surface area contributed by atoms with Crippen LogP contribution in [0.15, 0.2) is 39.0 Å². The predicted octanol–water partition coefficient (Wildman–Crippen LogP) is 3.83. The number of aromatic nitrogens is 3. The Morgan fingerprint density at radius 1 is 1.30 bits per heavy atom. The maximum Gasteiger partial charge on any atom is 0.267 e. The molecule has 2 aromatic heterocycles. The number of hydrogen-bond donors (Lipinski definition) is 0. The minimum Gasteiger partial charge on any atom is -0.361 e. The lowest BCUT2D eigenvalue weighted by molar-refractivity contribution is 0.392. The van der Waals surface area contributed by atoms with E-state index in [-0.39, 0.29) is 4.90 Å². The molecule has 1 aromatic carbocycles. The molecule has 1 aliphatic rings. The summed E-state index contributed by atoms with van der Waals surface area (Å²) in [6, 6.07) is 5.05. The van der Waals surface area contributed by atoms with Gasteiger partial charge in [-0.3, -0.25) is 4.31 Å². The zero-order valence-corrected chi connectivity index (χ0v) is 17.1. The number of anilines is 1. The molecule has 0 saturated heterocycles. The first-order chi connectivity index (χ1) is 12.8. The number of fused-ring (bicyclic) bond motifs is 3. The lowest BCUT2D eigenvalue weighted by Gasteiger charge is -2.28. The first-order valence-electron chi connectivity index (χ1n) is 7.99. The van der Waals surface area contributed by atoms with Crippen molar-refractivity contribution in [1.82, 2.24) is 15.1 Å². The van der Waals surface area contributed by atoms with Crippen molar-refractivity contribution in [2.45, 2.75) is 29.7 Å². The van der Waals surface area contributed by atoms with Crippen LogP contribution in [0.2, 0.25) is 5.02 Å². The first-order valence-corrected chi connectivity index (χ1v) is 10.8. The number of nitrogens with zero attached hydrogens (tertiary/aromatic N) is 4. The van der Waals surface area contributed by atoms with E-state index in [0.717, 1.165) is 17.0 Å². The van der Waals surface area contributed by atoms with Crippen molar-refractivity contribution >= 4 is 39.1 Å². The van der Waals surface area contributed by atoms with Crippen LogP contribution in [0.5, 0.6) is 0 Å². The van der Waals surface area contributed by atoms with E-state index in [1.54, 1.807) is 18.2 Å². The van der Waals surface area contributed by atoms with Gasteiger partial charge in [-0.1, -0.05) is 28.5 Å². The third-order valence-electron chi connectivity index (χ3n) is 4.45. The highest BCUT2D eigenvalue weighted by atomic mass is 35.5. The van der Waals surface area contributed by atoms with E-state index < -0.39 is 10.0 Å². The van der Waals surface area contributed by atoms with Crippen LogP contribution >= 0.6 is 23.4 Å². The molecule has 0 fully saturated rings. The highest BCUT2D eigenvalue weighted by Gasteiger charge is 2.34. The molecule has 3 heterocycles. The fourth-order valence-corrected chi connectivity index (χ4v) is 5.34. The second kappa shape index (κ2) is 6.50. The van der Waals surface area contributed by atoms with Crippen LogP contribution in [0.1, 0.15) is 17.0 Å². The van der Waals surface area contributed by atoms with E-state index in [2.05, 4.69) is 15.1 Å². The van der Waals surface area contributed by atoms with Gasteiger partial charge in [-0.25, -0.2) is 18.4 Å². The van der Waals surface area contributed by atoms with Crippen LogP contribution < -0.4 is 4.31 Å². The average molecular weight is 423 g/mol. The maximum atomic E-state index is 12.8. The third kappa shape index (κ3) is 2.99. The van der Waals surface area contributed by atoms with Crippen molar-refractivity contribution in [2.75, 3.05) is 11.4 Å². The van der Waals surface area contributed by atoms with Crippen LogP contribution in [0.4, 0.5) is 5.69 Å². The van der Waals surface area contributed by atoms with Crippen molar-refractivity contribution in [2.24, 2.45) is 0 Å². The van der Waals surface area contributed by atoms with E-state index >= 15 is 0 Å². The van der Waals surface area contributed by atoms with Crippen LogP contribution in [0.25, 0.3) is 11.3 Å². The average Bonchev–Trinajstić information content (AvgIpc) is 2.96. The molecule has 27 heavy (non-hydrogen) atoms. The highest BCUT2D eigenvalue weighted by Crippen LogP contribution is 2.42. The van der Waals surface area contributed by atoms with E-state index in [1.165, 1.54) is 29.3 Å². The van der Waals surface area contributed by atoms with Gasteiger partial charge in [0.25, 0.3) is 10.0 Å². The van der Waals surface area contributed by atoms with Gasteiger partial charge in [0.15, 0.2) is 5.16 Å². The van der Waals surface area contributed by atoms with Crippen molar-refractivity contribution in [3.05, 3.63) is 46.4 Å². The lowest BCUT2D eigenvalue weighted by atomic mass is 10.1. The molecule has 3 aromatic rings. The monoisotopic (exact) mass is 422 g/mol. The minimum absolute atomic E-state index is 0.0708. The summed E-state index contributed by atoms with van der Waals surface area (Å²) in [5.74, 6) is 1.33. The Balaban J connectivity index is 1.77. The van der Waals surface area contributed by atoms with Gasteiger partial charge < -0.3 is 4.52 Å². The van der Waals surface area contributed by atoms with Crippen LogP contribution in [0, 0.1) is 13.8 Å². The van der Waals surface area contributed by atoms with Gasteiger partial charge in [0.05, 0.1) is 23.3 Å². The molecule has 4 rings (SSSR count). The van der Waals surface area contributed by atoms with Crippen molar-refractivity contribution in [3.63, 3.8) is 0 Å². The van der Waals surface area contributed by atoms with Gasteiger partial charge in [-0.05, 0) is 32.0 Å². The molecule has 0 N–H and O–H groups in total. The molecular formula is C17H15ClN4O3S2. The Kier molecular flexibility index (Phi) is 4.40. The summed E-state index contributed by atoms with van der Waals surface area (Å²) in [5.41, 5.74) is 3.36. The van der Waals surface area contributed by atoms with Gasteiger partial charge in [-0.2, -0.15) is 0 Å². The second-order valence-corrected chi connectivity index (χ2v) is 9.41. The standard InChI is InChI=1S/C17H15ClN4O3S2/c1-9-13(10(2)25-21-9)8-26-17-19-7-15-16(20-17)12-6-11(18)4-5-14(12)22(3)27(15,23)24/h4-7H,8H2,1-3H3. The number of sulfonamides is 1. The SMILES string of the molecule is Cc1noc(C)c1CSc1ncc2c(n1)-c1cc(Cl)ccc1N(C)S2(=O)=O. The zero-order chi connectivity index (χ0) is 19.3. The molecule has 7 nitrogen and oxygen atoms in total. The van der Waals surface area contributed by atoms with Crippen LogP contribution in [-0.2, 0) is 15.8 Å². The van der Waals surface area contributed by atoms with E-state index in [1.807, 2.05) is 13.8 Å². The maximum absolute atomic E-state index is 12.8. The summed E-state index contributed by atoms with van der Waals surface area (Å²) in [5, 5.41) is 4.92. The highest BCUT2D eigenvalue weighted by molar-refractivity contribution is 7.98. The van der Waals surface area contributed by atoms with Crippen molar-refractivity contribution < 1.29 is 12.9 Å². The van der Waals surface area contributed by atoms with Gasteiger partial charge in [0.1, 0.15) is 10.7 Å². The number of hydrogen-bond acceptors (Lipinski definition) is 7. The summed E-state index contributed by atoms with van der Waals surface area (Å²) in [6.07, 6.45) is 1.35. The number of benzene rings is 1. The fourth-order valence-electron chi connectivity index (χ4n) is 2.90. The molecule has 0 aliphatic carbocycles. The Labute approximate surface area is 165 Å². The Morgan fingerprint density at radius 2 is 2.07 bits per heavy atom. The molecule has 0 amide bonds. The van der Waals surface area contributed by atoms with E-state index in [9.17, 15) is 8.42 Å². The van der Waals surface area contributed by atoms with E-state index in [0.29, 0.717) is 32.9 Å². The van der Waals surface area contributed by atoms with Gasteiger partial charge in [0.2, 0.25) is 0 Å². The molecule has 0 atom stereocenters. The molecule has 0 bridgehead atoms. The predicted molar refractivity (Wildman–Crippen MR) is 104 cm³/mol. The fraction of sp³-hybridized carbons (Fsp3) is 0.235. The summed E-state index contributed by atoms with van der Waals surface area (Å²) >= 11 is 7.53. The summed E-state index contributed by atoms with van der Waals surface area (Å²) in [4.78, 5) is 8.83. The van der Waals surface area contributed by atoms with Crippen molar-refractivity contribution in [1.29, 1.82) is 0 Å². The number of thioether (sulfide) groups is 1. The Bertz CT molecular complexity index is 1140. The van der Waals surface area contributed by atoms with E-state index in [4.69, 9.17) is 16.1 Å². The molecule has 0 unspecified atom stereocenters. The number of aryl methyl sites for hydroxylation is 2. The first kappa shape index (κ1) is 18.3. The molecule has 0 saturated carbocycles. The lowest BCUT2D eigenvalue weighted by Crippen LogP contribution is -2.31. The normalized spacial score (nSPS) is 14.7. The van der Waals surface area contributed by atoms with Crippen molar-refractivity contribution in [3.8, 4) is 11.3 Å². The molecule has 140 valence electrons. The summed E-state index contributed by atoms with van der Waals surface area (Å²) < 4.78 is 32.0. The molecular weight excluding hydrogens is 408 g/mol. The molecule has 10 heteroatoms. The Morgan fingerprint density at radius 3 is 2.78 bits per heavy atom. The molecule has 0 spiro atoms. The number of halogens is 1. The second-order valence-electron chi connectivity index (χ2n) is 6.09. The number of rotatable bonds is 3. The zero-order valence-electron chi connectivity index (χ0n) is 14.7. The topological polar surface area (TPSA) is 89.2 Å². The van der Waals surface area contributed by atoms with Crippen LogP contribution in [0.3, 0.4) is 0 Å². The van der Waals surface area contributed by atoms with Gasteiger partial charge in [0, 0.05) is 29.0 Å². The van der Waals surface area contributed by atoms with Gasteiger partial charge >= 0.3 is 0 Å². The third-order valence-corrected chi connectivity index (χ3v) is 7.35.